The van der Waals surface area contributed by atoms with Crippen molar-refractivity contribution in [1.82, 2.24) is 0 Å². The summed E-state index contributed by atoms with van der Waals surface area (Å²) in [5, 5.41) is 2.92. The monoisotopic (exact) mass is 274 g/mol. The molecule has 3 N–H and O–H groups in total. The highest BCUT2D eigenvalue weighted by atomic mass is 16.5. The average molecular weight is 274 g/mol. The van der Waals surface area contributed by atoms with Crippen molar-refractivity contribution in [3.05, 3.63) is 24.3 Å². The average Bonchev–Trinajstić information content (AvgIpc) is 3.03. The Bertz CT molecular complexity index is 534. The van der Waals surface area contributed by atoms with Crippen LogP contribution in [0.25, 0.3) is 0 Å². The number of amides is 2. The lowest BCUT2D eigenvalue weighted by molar-refractivity contribution is -0.120. The Morgan fingerprint density at radius 2 is 2.00 bits per heavy atom. The van der Waals surface area contributed by atoms with Gasteiger partial charge in [-0.05, 0) is 43.2 Å². The van der Waals surface area contributed by atoms with E-state index in [1.54, 1.807) is 18.2 Å². The first kappa shape index (κ1) is 13.0. The Balaban J connectivity index is 1.57. The Hall–Kier alpha value is -2.04. The van der Waals surface area contributed by atoms with E-state index in [0.29, 0.717) is 11.4 Å². The molecule has 2 fully saturated rings. The largest absolute Gasteiger partial charge is 0.484 e. The number of nitrogens with one attached hydrogen (secondary N) is 1. The third-order valence-corrected chi connectivity index (χ3v) is 4.10. The maximum atomic E-state index is 12.1. The van der Waals surface area contributed by atoms with Crippen molar-refractivity contribution < 1.29 is 14.3 Å². The van der Waals surface area contributed by atoms with Crippen LogP contribution in [-0.4, -0.2) is 18.4 Å². The zero-order chi connectivity index (χ0) is 14.1. The Kier molecular flexibility index (Phi) is 3.34. The zero-order valence-electron chi connectivity index (χ0n) is 11.2. The number of rotatable bonds is 5. The van der Waals surface area contributed by atoms with Crippen molar-refractivity contribution in [2.75, 3.05) is 11.9 Å². The van der Waals surface area contributed by atoms with Crippen LogP contribution in [0.15, 0.2) is 24.3 Å². The van der Waals surface area contributed by atoms with Gasteiger partial charge in [-0.25, -0.2) is 0 Å². The van der Waals surface area contributed by atoms with Crippen LogP contribution in [0.4, 0.5) is 5.69 Å². The van der Waals surface area contributed by atoms with Gasteiger partial charge in [0.05, 0.1) is 0 Å². The second-order valence-corrected chi connectivity index (χ2v) is 5.70. The Morgan fingerprint density at radius 3 is 2.70 bits per heavy atom. The molecule has 3 rings (SSSR count). The highest BCUT2D eigenvalue weighted by molar-refractivity contribution is 5.93. The van der Waals surface area contributed by atoms with Crippen LogP contribution >= 0.6 is 0 Å². The molecular weight excluding hydrogens is 256 g/mol. The van der Waals surface area contributed by atoms with Crippen molar-refractivity contribution in [2.24, 2.45) is 23.5 Å². The second-order valence-electron chi connectivity index (χ2n) is 5.70. The van der Waals surface area contributed by atoms with Crippen molar-refractivity contribution in [3.63, 3.8) is 0 Å². The molecule has 1 aromatic carbocycles. The molecule has 0 heterocycles. The Morgan fingerprint density at radius 1 is 1.25 bits per heavy atom. The van der Waals surface area contributed by atoms with Gasteiger partial charge in [0.2, 0.25) is 5.91 Å². The van der Waals surface area contributed by atoms with E-state index in [1.165, 1.54) is 6.42 Å². The molecule has 0 aromatic heterocycles. The number of hydrogen-bond donors (Lipinski definition) is 2. The van der Waals surface area contributed by atoms with Gasteiger partial charge in [-0.2, -0.15) is 0 Å². The van der Waals surface area contributed by atoms with E-state index in [2.05, 4.69) is 5.32 Å². The first-order chi connectivity index (χ1) is 9.61. The van der Waals surface area contributed by atoms with Crippen LogP contribution in [0.3, 0.4) is 0 Å². The molecule has 2 saturated carbocycles. The minimum atomic E-state index is -0.524. The molecule has 0 aliphatic heterocycles. The molecule has 1 aromatic rings. The third kappa shape index (κ3) is 2.92. The summed E-state index contributed by atoms with van der Waals surface area (Å²) in [4.78, 5) is 22.8. The molecule has 0 saturated heterocycles. The van der Waals surface area contributed by atoms with Gasteiger partial charge in [-0.1, -0.05) is 6.07 Å². The summed E-state index contributed by atoms with van der Waals surface area (Å²) in [5.74, 6) is 1.81. The van der Waals surface area contributed by atoms with Gasteiger partial charge in [-0.15, -0.1) is 0 Å². The number of nitrogens with two attached hydrogens (primary N) is 1. The molecular formula is C15H18N2O3. The number of carbonyl (C=O) groups is 2. The van der Waals surface area contributed by atoms with E-state index in [9.17, 15) is 9.59 Å². The predicted octanol–water partition coefficient (Wildman–Crippen LogP) is 1.54. The van der Waals surface area contributed by atoms with Gasteiger partial charge >= 0.3 is 0 Å². The van der Waals surface area contributed by atoms with E-state index in [1.807, 2.05) is 6.07 Å². The normalized spacial score (nSPS) is 26.7. The topological polar surface area (TPSA) is 81.4 Å². The lowest BCUT2D eigenvalue weighted by Crippen LogP contribution is -2.22. The number of carbonyl (C=O) groups excluding carboxylic acids is 2. The molecule has 0 spiro atoms. The number of primary amides is 1. The van der Waals surface area contributed by atoms with Crippen LogP contribution in [0.2, 0.25) is 0 Å². The summed E-state index contributed by atoms with van der Waals surface area (Å²) in [6, 6.07) is 7.02. The molecule has 0 radical (unpaired) electrons. The summed E-state index contributed by atoms with van der Waals surface area (Å²) < 4.78 is 5.21. The molecule has 2 amide bonds. The minimum absolute atomic E-state index is 0.0873. The van der Waals surface area contributed by atoms with E-state index in [-0.39, 0.29) is 18.4 Å². The number of ether oxygens (including phenoxy) is 1. The van der Waals surface area contributed by atoms with Crippen molar-refractivity contribution >= 4 is 17.5 Å². The van der Waals surface area contributed by atoms with E-state index >= 15 is 0 Å². The summed E-state index contributed by atoms with van der Waals surface area (Å²) in [6.45, 7) is -0.163. The van der Waals surface area contributed by atoms with Crippen molar-refractivity contribution in [3.8, 4) is 5.75 Å². The number of hydrogen-bond acceptors (Lipinski definition) is 3. The fourth-order valence-corrected chi connectivity index (χ4v) is 2.99. The van der Waals surface area contributed by atoms with Gasteiger partial charge in [0, 0.05) is 17.7 Å². The molecule has 2 atom stereocenters. The van der Waals surface area contributed by atoms with Gasteiger partial charge in [-0.3, -0.25) is 9.59 Å². The van der Waals surface area contributed by atoms with Crippen LogP contribution in [0.1, 0.15) is 19.3 Å². The van der Waals surface area contributed by atoms with Gasteiger partial charge < -0.3 is 15.8 Å². The molecule has 2 aliphatic rings. The summed E-state index contributed by atoms with van der Waals surface area (Å²) in [6.07, 6.45) is 3.35. The smallest absolute Gasteiger partial charge is 0.255 e. The third-order valence-electron chi connectivity index (χ3n) is 4.10. The number of anilines is 1. The molecule has 0 bridgehead atoms. The lowest BCUT2D eigenvalue weighted by atomic mass is 10.0. The summed E-state index contributed by atoms with van der Waals surface area (Å²) in [5.41, 5.74) is 5.72. The fraction of sp³-hybridized carbons (Fsp3) is 0.467. The van der Waals surface area contributed by atoms with Gasteiger partial charge in [0.1, 0.15) is 5.75 Å². The zero-order valence-corrected chi connectivity index (χ0v) is 11.2. The SMILES string of the molecule is NC(=O)COc1cccc(NC(=O)C2CC3CC3C2)c1. The summed E-state index contributed by atoms with van der Waals surface area (Å²) in [7, 11) is 0. The van der Waals surface area contributed by atoms with E-state index in [0.717, 1.165) is 24.7 Å². The number of fused-ring (bicyclic) bond motifs is 1. The van der Waals surface area contributed by atoms with Crippen molar-refractivity contribution in [1.29, 1.82) is 0 Å². The van der Waals surface area contributed by atoms with Crippen LogP contribution in [-0.2, 0) is 9.59 Å². The first-order valence-electron chi connectivity index (χ1n) is 6.94. The van der Waals surface area contributed by atoms with Crippen molar-refractivity contribution in [2.45, 2.75) is 19.3 Å². The second kappa shape index (κ2) is 5.15. The number of benzene rings is 1. The van der Waals surface area contributed by atoms with Crippen LogP contribution in [0.5, 0.6) is 5.75 Å². The molecule has 20 heavy (non-hydrogen) atoms. The first-order valence-corrected chi connectivity index (χ1v) is 6.94. The summed E-state index contributed by atoms with van der Waals surface area (Å²) >= 11 is 0. The quantitative estimate of drug-likeness (QED) is 0.854. The molecule has 106 valence electrons. The van der Waals surface area contributed by atoms with E-state index < -0.39 is 5.91 Å². The standard InChI is InChI=1S/C15H18N2O3/c16-14(18)8-20-13-3-1-2-12(7-13)17-15(19)11-5-9-4-10(9)6-11/h1-3,7,9-11H,4-6,8H2,(H2,16,18)(H,17,19). The van der Waals surface area contributed by atoms with E-state index in [4.69, 9.17) is 10.5 Å². The predicted molar refractivity (Wildman–Crippen MR) is 74.1 cm³/mol. The molecule has 2 unspecified atom stereocenters. The van der Waals surface area contributed by atoms with Crippen LogP contribution in [0, 0.1) is 17.8 Å². The van der Waals surface area contributed by atoms with Crippen LogP contribution < -0.4 is 15.8 Å². The van der Waals surface area contributed by atoms with Gasteiger partial charge in [0.15, 0.2) is 6.61 Å². The van der Waals surface area contributed by atoms with Gasteiger partial charge in [0.25, 0.3) is 5.91 Å². The lowest BCUT2D eigenvalue weighted by Gasteiger charge is -2.13. The highest BCUT2D eigenvalue weighted by Gasteiger charge is 2.47. The highest BCUT2D eigenvalue weighted by Crippen LogP contribution is 2.54. The minimum Gasteiger partial charge on any atom is -0.484 e. The molecule has 2 aliphatic carbocycles. The fourth-order valence-electron chi connectivity index (χ4n) is 2.99. The maximum absolute atomic E-state index is 12.1. The maximum Gasteiger partial charge on any atom is 0.255 e. The Labute approximate surface area is 117 Å². The molecule has 5 heteroatoms. The molecule has 5 nitrogen and oxygen atoms in total.